The van der Waals surface area contributed by atoms with Gasteiger partial charge in [0.25, 0.3) is 5.69 Å². The summed E-state index contributed by atoms with van der Waals surface area (Å²) in [5, 5.41) is 28.4. The van der Waals surface area contributed by atoms with E-state index in [-0.39, 0.29) is 23.6 Å². The van der Waals surface area contributed by atoms with Crippen LogP contribution in [0.4, 0.5) is 10.1 Å². The molecular weight excluding hydrogens is 265 g/mol. The molecule has 2 rings (SSSR count). The molecule has 0 unspecified atom stereocenters. The van der Waals surface area contributed by atoms with E-state index in [9.17, 15) is 14.5 Å². The van der Waals surface area contributed by atoms with Crippen molar-refractivity contribution in [2.24, 2.45) is 0 Å². The number of halogens is 1. The molecule has 0 radical (unpaired) electrons. The normalized spacial score (nSPS) is 9.75. The van der Waals surface area contributed by atoms with Crippen LogP contribution in [0.2, 0.25) is 0 Å². The summed E-state index contributed by atoms with van der Waals surface area (Å²) in [4.78, 5) is 13.7. The van der Waals surface area contributed by atoms with Crippen molar-refractivity contribution in [2.75, 3.05) is 0 Å². The van der Waals surface area contributed by atoms with Crippen LogP contribution in [0.3, 0.4) is 0 Å². The molecule has 0 atom stereocenters. The molecule has 0 amide bonds. The maximum atomic E-state index is 13.3. The van der Waals surface area contributed by atoms with Crippen molar-refractivity contribution in [2.45, 2.75) is 6.54 Å². The summed E-state index contributed by atoms with van der Waals surface area (Å²) in [5.41, 5.74) is -0.0907. The molecule has 8 heteroatoms. The highest BCUT2D eigenvalue weighted by atomic mass is 19.1. The van der Waals surface area contributed by atoms with E-state index in [2.05, 4.69) is 4.98 Å². The maximum Gasteiger partial charge on any atom is 0.272 e. The maximum absolute atomic E-state index is 13.3. The van der Waals surface area contributed by atoms with Crippen molar-refractivity contribution in [3.8, 4) is 12.1 Å². The summed E-state index contributed by atoms with van der Waals surface area (Å²) >= 11 is 0. The zero-order chi connectivity index (χ0) is 14.7. The number of hydrogen-bond donors (Lipinski definition) is 0. The van der Waals surface area contributed by atoms with Gasteiger partial charge in [0, 0.05) is 6.07 Å². The average Bonchev–Trinajstić information content (AvgIpc) is 2.79. The largest absolute Gasteiger partial charge is 0.317 e. The Morgan fingerprint density at radius 2 is 2.10 bits per heavy atom. The molecule has 1 heterocycles. The first kappa shape index (κ1) is 13.2. The Kier molecular flexibility index (Phi) is 3.40. The number of benzene rings is 1. The Morgan fingerprint density at radius 3 is 2.70 bits per heavy atom. The van der Waals surface area contributed by atoms with E-state index in [1.54, 1.807) is 6.07 Å². The number of nitriles is 2. The lowest BCUT2D eigenvalue weighted by atomic mass is 10.2. The molecule has 1 aromatic carbocycles. The highest BCUT2D eigenvalue weighted by Gasteiger charge is 2.13. The number of aromatic nitrogens is 2. The lowest BCUT2D eigenvalue weighted by molar-refractivity contribution is -0.385. The fourth-order valence-corrected chi connectivity index (χ4v) is 1.73. The van der Waals surface area contributed by atoms with Crippen molar-refractivity contribution in [3.63, 3.8) is 0 Å². The Balaban J connectivity index is 2.41. The van der Waals surface area contributed by atoms with Crippen LogP contribution in [0.5, 0.6) is 0 Å². The lowest BCUT2D eigenvalue weighted by Gasteiger charge is -2.04. The van der Waals surface area contributed by atoms with Gasteiger partial charge in [0.15, 0.2) is 11.4 Å². The van der Waals surface area contributed by atoms with Crippen molar-refractivity contribution in [1.82, 2.24) is 9.55 Å². The molecule has 2 aromatic rings. The smallest absolute Gasteiger partial charge is 0.272 e. The van der Waals surface area contributed by atoms with Gasteiger partial charge in [-0.2, -0.15) is 10.5 Å². The van der Waals surface area contributed by atoms with Crippen LogP contribution < -0.4 is 0 Å². The van der Waals surface area contributed by atoms with Gasteiger partial charge in [0.1, 0.15) is 18.0 Å². The minimum atomic E-state index is -0.742. The summed E-state index contributed by atoms with van der Waals surface area (Å²) in [7, 11) is 0. The quantitative estimate of drug-likeness (QED) is 0.623. The molecule has 7 nitrogen and oxygen atoms in total. The van der Waals surface area contributed by atoms with Crippen LogP contribution in [-0.2, 0) is 6.54 Å². The van der Waals surface area contributed by atoms with E-state index in [1.807, 2.05) is 6.07 Å². The van der Waals surface area contributed by atoms with Gasteiger partial charge in [-0.15, -0.1) is 0 Å². The van der Waals surface area contributed by atoms with Crippen LogP contribution in [0.25, 0.3) is 0 Å². The van der Waals surface area contributed by atoms with Crippen LogP contribution in [0.1, 0.15) is 17.0 Å². The molecule has 0 fully saturated rings. The first-order chi connectivity index (χ1) is 9.55. The zero-order valence-electron chi connectivity index (χ0n) is 9.95. The van der Waals surface area contributed by atoms with Crippen molar-refractivity contribution < 1.29 is 9.31 Å². The van der Waals surface area contributed by atoms with Crippen molar-refractivity contribution in [3.05, 3.63) is 57.4 Å². The van der Waals surface area contributed by atoms with Crippen LogP contribution in [0, 0.1) is 38.6 Å². The molecule has 20 heavy (non-hydrogen) atoms. The van der Waals surface area contributed by atoms with Gasteiger partial charge in [-0.25, -0.2) is 9.37 Å². The van der Waals surface area contributed by atoms with E-state index in [0.717, 1.165) is 12.1 Å². The van der Waals surface area contributed by atoms with Gasteiger partial charge < -0.3 is 4.57 Å². The minimum Gasteiger partial charge on any atom is -0.317 e. The van der Waals surface area contributed by atoms with E-state index >= 15 is 0 Å². The number of nitro groups is 1. The second-order valence-corrected chi connectivity index (χ2v) is 3.87. The molecule has 0 saturated carbocycles. The predicted molar refractivity (Wildman–Crippen MR) is 63.8 cm³/mol. The second kappa shape index (κ2) is 5.16. The molecule has 0 N–H and O–H groups in total. The average molecular weight is 271 g/mol. The Labute approximate surface area is 112 Å². The highest BCUT2D eigenvalue weighted by Crippen LogP contribution is 2.18. The number of nitrogens with zero attached hydrogens (tertiary/aromatic N) is 5. The molecule has 0 aliphatic rings. The standard InChI is InChI=1S/C12H6FN5O2/c13-9-1-8(2-10(3-9)18(19)20)6-17-7-16-11(4-14)12(17)5-15/h1-3,7H,6H2. The highest BCUT2D eigenvalue weighted by molar-refractivity contribution is 5.38. The van der Waals surface area contributed by atoms with Gasteiger partial charge in [0.2, 0.25) is 0 Å². The summed E-state index contributed by atoms with van der Waals surface area (Å²) < 4.78 is 14.6. The summed E-state index contributed by atoms with van der Waals surface area (Å²) in [6, 6.07) is 6.71. The minimum absolute atomic E-state index is 0.0101. The Hall–Kier alpha value is -3.26. The third-order valence-corrected chi connectivity index (χ3v) is 2.56. The summed E-state index contributed by atoms with van der Waals surface area (Å²) in [6.07, 6.45) is 1.26. The Bertz CT molecular complexity index is 769. The molecule has 0 spiro atoms. The number of hydrogen-bond acceptors (Lipinski definition) is 5. The van der Waals surface area contributed by atoms with Gasteiger partial charge in [0.05, 0.1) is 23.9 Å². The van der Waals surface area contributed by atoms with Crippen LogP contribution in [-0.4, -0.2) is 14.5 Å². The summed E-state index contributed by atoms with van der Waals surface area (Å²) in [6.45, 7) is 0.0101. The molecule has 0 aliphatic carbocycles. The van der Waals surface area contributed by atoms with Crippen LogP contribution in [0.15, 0.2) is 24.5 Å². The van der Waals surface area contributed by atoms with Crippen molar-refractivity contribution >= 4 is 5.69 Å². The third kappa shape index (κ3) is 2.44. The SMILES string of the molecule is N#Cc1ncn(Cc2cc(F)cc([N+](=O)[O-])c2)c1C#N. The van der Waals surface area contributed by atoms with E-state index in [1.165, 1.54) is 17.0 Å². The topological polar surface area (TPSA) is 109 Å². The molecular formula is C12H6FN5O2. The number of imidazole rings is 1. The van der Waals surface area contributed by atoms with Crippen LogP contribution >= 0.6 is 0 Å². The van der Waals surface area contributed by atoms with Gasteiger partial charge in [-0.05, 0) is 11.6 Å². The van der Waals surface area contributed by atoms with E-state index in [4.69, 9.17) is 10.5 Å². The van der Waals surface area contributed by atoms with Gasteiger partial charge in [-0.1, -0.05) is 0 Å². The van der Waals surface area contributed by atoms with E-state index in [0.29, 0.717) is 5.56 Å². The third-order valence-electron chi connectivity index (χ3n) is 2.56. The van der Waals surface area contributed by atoms with Gasteiger partial charge in [-0.3, -0.25) is 10.1 Å². The first-order valence-corrected chi connectivity index (χ1v) is 5.34. The summed E-state index contributed by atoms with van der Waals surface area (Å²) in [5.74, 6) is -0.742. The lowest BCUT2D eigenvalue weighted by Crippen LogP contribution is -2.03. The Morgan fingerprint density at radius 1 is 1.35 bits per heavy atom. The molecule has 0 bridgehead atoms. The fraction of sp³-hybridized carbons (Fsp3) is 0.0833. The molecule has 98 valence electrons. The zero-order valence-corrected chi connectivity index (χ0v) is 9.95. The number of nitro benzene ring substituents is 1. The number of non-ortho nitro benzene ring substituents is 1. The fourth-order valence-electron chi connectivity index (χ4n) is 1.73. The molecule has 1 aromatic heterocycles. The van der Waals surface area contributed by atoms with E-state index < -0.39 is 10.7 Å². The van der Waals surface area contributed by atoms with Gasteiger partial charge >= 0.3 is 0 Å². The molecule has 0 saturated heterocycles. The monoisotopic (exact) mass is 271 g/mol. The molecule has 0 aliphatic heterocycles. The van der Waals surface area contributed by atoms with Crippen molar-refractivity contribution in [1.29, 1.82) is 10.5 Å². The second-order valence-electron chi connectivity index (χ2n) is 3.87. The number of rotatable bonds is 3. The first-order valence-electron chi connectivity index (χ1n) is 5.34. The predicted octanol–water partition coefficient (Wildman–Crippen LogP) is 1.72.